The molecule has 1 fully saturated rings. The Labute approximate surface area is 164 Å². The number of hydrogen-bond acceptors (Lipinski definition) is 3. The summed E-state index contributed by atoms with van der Waals surface area (Å²) in [6.07, 6.45) is 0. The average Bonchev–Trinajstić information content (AvgIpc) is 2.66. The Morgan fingerprint density at radius 3 is 2.48 bits per heavy atom. The van der Waals surface area contributed by atoms with Gasteiger partial charge in [-0.05, 0) is 38.0 Å². The van der Waals surface area contributed by atoms with Crippen molar-refractivity contribution in [2.24, 2.45) is 10.9 Å². The van der Waals surface area contributed by atoms with Gasteiger partial charge in [0.1, 0.15) is 0 Å². The van der Waals surface area contributed by atoms with Crippen molar-refractivity contribution in [3.05, 3.63) is 29.3 Å². The minimum absolute atomic E-state index is 0.0142. The number of hydrogen-bond donors (Lipinski definition) is 2. The van der Waals surface area contributed by atoms with Gasteiger partial charge in [0.05, 0.1) is 6.54 Å². The first-order valence-electron chi connectivity index (χ1n) is 10.1. The van der Waals surface area contributed by atoms with E-state index in [4.69, 9.17) is 4.99 Å². The lowest BCUT2D eigenvalue weighted by atomic mass is 10.1. The molecule has 6 heteroatoms. The number of nitrogens with zero attached hydrogens (tertiary/aromatic N) is 3. The van der Waals surface area contributed by atoms with Crippen molar-refractivity contribution in [1.82, 2.24) is 15.5 Å². The van der Waals surface area contributed by atoms with E-state index < -0.39 is 0 Å². The number of aliphatic imine (C=N–C) groups is 1. The second-order valence-corrected chi connectivity index (χ2v) is 7.37. The summed E-state index contributed by atoms with van der Waals surface area (Å²) in [4.78, 5) is 21.1. The zero-order chi connectivity index (χ0) is 19.8. The Morgan fingerprint density at radius 1 is 1.15 bits per heavy atom. The maximum absolute atomic E-state index is 11.6. The van der Waals surface area contributed by atoms with Gasteiger partial charge in [-0.3, -0.25) is 9.79 Å². The smallest absolute Gasteiger partial charge is 0.222 e. The molecule has 0 saturated carbocycles. The molecule has 0 bridgehead atoms. The Kier molecular flexibility index (Phi) is 7.95. The summed E-state index contributed by atoms with van der Waals surface area (Å²) in [5.41, 5.74) is 4.05. The van der Waals surface area contributed by atoms with E-state index in [1.165, 1.54) is 16.8 Å². The predicted molar refractivity (Wildman–Crippen MR) is 114 cm³/mol. The van der Waals surface area contributed by atoms with Crippen LogP contribution in [-0.4, -0.2) is 62.6 Å². The summed E-state index contributed by atoms with van der Waals surface area (Å²) in [7, 11) is 0. The lowest BCUT2D eigenvalue weighted by molar-refractivity contribution is -0.123. The van der Waals surface area contributed by atoms with Crippen LogP contribution in [0.2, 0.25) is 0 Å². The van der Waals surface area contributed by atoms with E-state index in [2.05, 4.69) is 59.4 Å². The Bertz CT molecular complexity index is 648. The van der Waals surface area contributed by atoms with Gasteiger partial charge < -0.3 is 20.4 Å². The molecule has 1 aromatic rings. The van der Waals surface area contributed by atoms with Crippen LogP contribution in [0.5, 0.6) is 0 Å². The van der Waals surface area contributed by atoms with E-state index in [0.717, 1.165) is 38.7 Å². The normalized spacial score (nSPS) is 15.3. The first-order chi connectivity index (χ1) is 12.9. The van der Waals surface area contributed by atoms with Gasteiger partial charge in [-0.15, -0.1) is 0 Å². The van der Waals surface area contributed by atoms with Crippen molar-refractivity contribution >= 4 is 17.6 Å². The highest BCUT2D eigenvalue weighted by Crippen LogP contribution is 2.23. The van der Waals surface area contributed by atoms with Gasteiger partial charge in [-0.25, -0.2) is 0 Å². The third-order valence-corrected chi connectivity index (χ3v) is 5.03. The number of carbonyl (C=O) groups excluding carboxylic acids is 1. The third kappa shape index (κ3) is 5.88. The summed E-state index contributed by atoms with van der Waals surface area (Å²) in [5, 5.41) is 6.31. The summed E-state index contributed by atoms with van der Waals surface area (Å²) in [6, 6.07) is 6.53. The van der Waals surface area contributed by atoms with Crippen LogP contribution in [0, 0.1) is 19.8 Å². The monoisotopic (exact) mass is 373 g/mol. The zero-order valence-corrected chi connectivity index (χ0v) is 17.5. The number of guanidine groups is 1. The van der Waals surface area contributed by atoms with Gasteiger partial charge in [-0.1, -0.05) is 26.0 Å². The first-order valence-corrected chi connectivity index (χ1v) is 10.1. The fourth-order valence-electron chi connectivity index (χ4n) is 3.21. The van der Waals surface area contributed by atoms with Crippen molar-refractivity contribution in [3.63, 3.8) is 0 Å². The fraction of sp³-hybridized carbons (Fsp3) is 0.619. The van der Waals surface area contributed by atoms with Gasteiger partial charge >= 0.3 is 0 Å². The molecule has 0 aliphatic carbocycles. The molecule has 0 aromatic heterocycles. The number of aryl methyl sites for hydroxylation is 1. The molecule has 1 aliphatic rings. The summed E-state index contributed by atoms with van der Waals surface area (Å²) < 4.78 is 0. The Morgan fingerprint density at radius 2 is 1.85 bits per heavy atom. The van der Waals surface area contributed by atoms with Gasteiger partial charge in [0.25, 0.3) is 0 Å². The molecule has 1 aromatic carbocycles. The Hall–Kier alpha value is -2.24. The number of piperazine rings is 1. The molecule has 1 aliphatic heterocycles. The molecular formula is C21H35N5O. The molecule has 0 atom stereocenters. The SMILES string of the molecule is CCNC(=NCCNC(=O)C(C)C)N1CCN(c2cccc(C)c2C)CC1. The van der Waals surface area contributed by atoms with Crippen LogP contribution in [0.15, 0.2) is 23.2 Å². The van der Waals surface area contributed by atoms with E-state index in [9.17, 15) is 4.79 Å². The molecule has 0 spiro atoms. The molecule has 2 rings (SSSR count). The minimum atomic E-state index is 0.0142. The van der Waals surface area contributed by atoms with Gasteiger partial charge in [0, 0.05) is 50.9 Å². The Balaban J connectivity index is 1.91. The number of benzene rings is 1. The molecule has 150 valence electrons. The molecular weight excluding hydrogens is 338 g/mol. The summed E-state index contributed by atoms with van der Waals surface area (Å²) in [6.45, 7) is 16.1. The lowest BCUT2D eigenvalue weighted by Gasteiger charge is -2.38. The van der Waals surface area contributed by atoms with Gasteiger partial charge in [-0.2, -0.15) is 0 Å². The van der Waals surface area contributed by atoms with E-state index >= 15 is 0 Å². The number of amides is 1. The third-order valence-electron chi connectivity index (χ3n) is 5.03. The number of anilines is 1. The van der Waals surface area contributed by atoms with Crippen molar-refractivity contribution in [3.8, 4) is 0 Å². The largest absolute Gasteiger partial charge is 0.368 e. The first kappa shape index (κ1) is 21.1. The fourth-order valence-corrected chi connectivity index (χ4v) is 3.21. The van der Waals surface area contributed by atoms with Crippen molar-refractivity contribution < 1.29 is 4.79 Å². The average molecular weight is 374 g/mol. The molecule has 2 N–H and O–H groups in total. The molecule has 27 heavy (non-hydrogen) atoms. The molecule has 1 amide bonds. The van der Waals surface area contributed by atoms with Crippen LogP contribution in [0.4, 0.5) is 5.69 Å². The second kappa shape index (κ2) is 10.2. The standard InChI is InChI=1S/C21H35N5O/c1-6-22-21(24-11-10-23-20(27)16(2)3)26-14-12-25(13-15-26)19-9-7-8-17(4)18(19)5/h7-9,16H,6,10-15H2,1-5H3,(H,22,24)(H,23,27). The van der Waals surface area contributed by atoms with E-state index in [1.807, 2.05) is 13.8 Å². The number of rotatable bonds is 6. The maximum Gasteiger partial charge on any atom is 0.222 e. The molecule has 1 saturated heterocycles. The van der Waals surface area contributed by atoms with Crippen molar-refractivity contribution in [2.45, 2.75) is 34.6 Å². The summed E-state index contributed by atoms with van der Waals surface area (Å²) in [5.74, 6) is 1.04. The number of carbonyl (C=O) groups is 1. The molecule has 0 unspecified atom stereocenters. The zero-order valence-electron chi connectivity index (χ0n) is 17.5. The van der Waals surface area contributed by atoms with Crippen LogP contribution in [0.3, 0.4) is 0 Å². The van der Waals surface area contributed by atoms with Crippen LogP contribution >= 0.6 is 0 Å². The minimum Gasteiger partial charge on any atom is -0.368 e. The van der Waals surface area contributed by atoms with Crippen LogP contribution in [-0.2, 0) is 4.79 Å². The van der Waals surface area contributed by atoms with E-state index in [0.29, 0.717) is 13.1 Å². The highest BCUT2D eigenvalue weighted by Gasteiger charge is 2.21. The van der Waals surface area contributed by atoms with E-state index in [1.54, 1.807) is 0 Å². The van der Waals surface area contributed by atoms with Crippen molar-refractivity contribution in [2.75, 3.05) is 50.7 Å². The maximum atomic E-state index is 11.6. The molecule has 0 radical (unpaired) electrons. The quantitative estimate of drug-likeness (QED) is 0.456. The predicted octanol–water partition coefficient (Wildman–Crippen LogP) is 2.16. The van der Waals surface area contributed by atoms with E-state index in [-0.39, 0.29) is 11.8 Å². The topological polar surface area (TPSA) is 60.0 Å². The van der Waals surface area contributed by atoms with Crippen molar-refractivity contribution in [1.29, 1.82) is 0 Å². The highest BCUT2D eigenvalue weighted by atomic mass is 16.1. The lowest BCUT2D eigenvalue weighted by Crippen LogP contribution is -2.52. The number of nitrogens with one attached hydrogen (secondary N) is 2. The van der Waals surface area contributed by atoms with Gasteiger partial charge in [0.2, 0.25) is 5.91 Å². The molecule has 6 nitrogen and oxygen atoms in total. The highest BCUT2D eigenvalue weighted by molar-refractivity contribution is 5.80. The van der Waals surface area contributed by atoms with Crippen LogP contribution in [0.1, 0.15) is 31.9 Å². The van der Waals surface area contributed by atoms with Crippen LogP contribution in [0.25, 0.3) is 0 Å². The van der Waals surface area contributed by atoms with Crippen LogP contribution < -0.4 is 15.5 Å². The molecule has 1 heterocycles. The summed E-state index contributed by atoms with van der Waals surface area (Å²) >= 11 is 0. The van der Waals surface area contributed by atoms with Gasteiger partial charge in [0.15, 0.2) is 5.96 Å². The second-order valence-electron chi connectivity index (χ2n) is 7.37.